The molecule has 0 spiro atoms. The van der Waals surface area contributed by atoms with Gasteiger partial charge in [0.2, 0.25) is 0 Å². The Labute approximate surface area is 130 Å². The van der Waals surface area contributed by atoms with E-state index in [0.717, 1.165) is 32.3 Å². The van der Waals surface area contributed by atoms with Crippen LogP contribution in [0.25, 0.3) is 0 Å². The van der Waals surface area contributed by atoms with E-state index in [1.165, 1.54) is 6.20 Å². The summed E-state index contributed by atoms with van der Waals surface area (Å²) in [5.74, 6) is -1.07. The summed E-state index contributed by atoms with van der Waals surface area (Å²) in [6, 6.07) is 3.38. The highest BCUT2D eigenvalue weighted by molar-refractivity contribution is 5.94. The topological polar surface area (TPSA) is 103 Å². The van der Waals surface area contributed by atoms with Crippen LogP contribution in [0, 0.1) is 0 Å². The predicted octanol–water partition coefficient (Wildman–Crippen LogP) is 0.883. The van der Waals surface area contributed by atoms with Crippen LogP contribution in [0.4, 0.5) is 5.82 Å². The standard InChI is InChI=1S/C15H23N3O4/c1-4-8-18(5-2)12-7-6-11(9-16-12)13(19)17-10-15(3,22)14(20)21/h6-7,9,22H,4-5,8,10H2,1-3H3,(H,17,19)(H,20,21). The van der Waals surface area contributed by atoms with Crippen LogP contribution in [-0.4, -0.2) is 52.3 Å². The average Bonchev–Trinajstić information content (AvgIpc) is 2.50. The first kappa shape index (κ1) is 17.9. The van der Waals surface area contributed by atoms with Crippen molar-refractivity contribution in [3.05, 3.63) is 23.9 Å². The molecule has 7 nitrogen and oxygen atoms in total. The normalized spacial score (nSPS) is 13.3. The maximum Gasteiger partial charge on any atom is 0.337 e. The van der Waals surface area contributed by atoms with Crippen molar-refractivity contribution in [2.24, 2.45) is 0 Å². The van der Waals surface area contributed by atoms with Crippen molar-refractivity contribution in [2.75, 3.05) is 24.5 Å². The molecule has 3 N–H and O–H groups in total. The monoisotopic (exact) mass is 309 g/mol. The second kappa shape index (κ2) is 7.74. The molecule has 1 amide bonds. The number of hydrogen-bond donors (Lipinski definition) is 3. The maximum absolute atomic E-state index is 11.9. The zero-order valence-electron chi connectivity index (χ0n) is 13.2. The molecule has 1 rings (SSSR count). The van der Waals surface area contributed by atoms with Crippen molar-refractivity contribution in [3.8, 4) is 0 Å². The lowest BCUT2D eigenvalue weighted by atomic mass is 10.1. The molecule has 0 saturated heterocycles. The Hall–Kier alpha value is -2.15. The Morgan fingerprint density at radius 1 is 1.36 bits per heavy atom. The molecular formula is C15H23N3O4. The van der Waals surface area contributed by atoms with Crippen molar-refractivity contribution in [3.63, 3.8) is 0 Å². The van der Waals surface area contributed by atoms with Gasteiger partial charge in [-0.1, -0.05) is 6.92 Å². The first-order chi connectivity index (χ1) is 10.3. The van der Waals surface area contributed by atoms with E-state index in [1.807, 2.05) is 6.92 Å². The van der Waals surface area contributed by atoms with Gasteiger partial charge >= 0.3 is 5.97 Å². The van der Waals surface area contributed by atoms with Crippen LogP contribution in [0.5, 0.6) is 0 Å². The molecule has 1 aromatic heterocycles. The number of aliphatic hydroxyl groups is 1. The summed E-state index contributed by atoms with van der Waals surface area (Å²) in [7, 11) is 0. The average molecular weight is 309 g/mol. The minimum absolute atomic E-state index is 0.317. The number of carboxylic acids is 1. The second-order valence-electron chi connectivity index (χ2n) is 5.25. The van der Waals surface area contributed by atoms with E-state index in [-0.39, 0.29) is 6.54 Å². The van der Waals surface area contributed by atoms with Crippen molar-refractivity contribution in [1.82, 2.24) is 10.3 Å². The molecule has 1 heterocycles. The van der Waals surface area contributed by atoms with E-state index >= 15 is 0 Å². The van der Waals surface area contributed by atoms with Gasteiger partial charge in [-0.2, -0.15) is 0 Å². The molecular weight excluding hydrogens is 286 g/mol. The van der Waals surface area contributed by atoms with Gasteiger partial charge in [0.1, 0.15) is 5.82 Å². The Morgan fingerprint density at radius 3 is 2.50 bits per heavy atom. The predicted molar refractivity (Wildman–Crippen MR) is 83.0 cm³/mol. The van der Waals surface area contributed by atoms with Crippen molar-refractivity contribution in [1.29, 1.82) is 0 Å². The molecule has 0 radical (unpaired) electrons. The summed E-state index contributed by atoms with van der Waals surface area (Å²) < 4.78 is 0. The Morgan fingerprint density at radius 2 is 2.05 bits per heavy atom. The maximum atomic E-state index is 11.9. The molecule has 7 heteroatoms. The number of carbonyl (C=O) groups is 2. The van der Waals surface area contributed by atoms with Gasteiger partial charge in [-0.05, 0) is 32.4 Å². The highest BCUT2D eigenvalue weighted by atomic mass is 16.4. The number of hydrogen-bond acceptors (Lipinski definition) is 5. The summed E-state index contributed by atoms with van der Waals surface area (Å²) in [5, 5.41) is 20.7. The molecule has 0 saturated carbocycles. The highest BCUT2D eigenvalue weighted by Gasteiger charge is 2.30. The molecule has 0 fully saturated rings. The zero-order chi connectivity index (χ0) is 16.8. The molecule has 122 valence electrons. The molecule has 0 aliphatic heterocycles. The third-order valence-electron chi connectivity index (χ3n) is 3.26. The summed E-state index contributed by atoms with van der Waals surface area (Å²) in [6.45, 7) is 6.58. The van der Waals surface area contributed by atoms with Crippen molar-refractivity contribution < 1.29 is 19.8 Å². The van der Waals surface area contributed by atoms with E-state index in [1.54, 1.807) is 12.1 Å². The third kappa shape index (κ3) is 4.70. The summed E-state index contributed by atoms with van der Waals surface area (Å²) in [5.41, 5.74) is -1.68. The van der Waals surface area contributed by atoms with Gasteiger partial charge in [-0.3, -0.25) is 4.79 Å². The van der Waals surface area contributed by atoms with E-state index in [9.17, 15) is 14.7 Å². The van der Waals surface area contributed by atoms with Crippen LogP contribution in [0.1, 0.15) is 37.6 Å². The lowest BCUT2D eigenvalue weighted by molar-refractivity contribution is -0.155. The Bertz CT molecular complexity index is 514. The summed E-state index contributed by atoms with van der Waals surface area (Å²) in [6.07, 6.45) is 2.44. The van der Waals surface area contributed by atoms with E-state index in [4.69, 9.17) is 5.11 Å². The van der Waals surface area contributed by atoms with Crippen LogP contribution in [-0.2, 0) is 4.79 Å². The fraction of sp³-hybridized carbons (Fsp3) is 0.533. The quantitative estimate of drug-likeness (QED) is 0.659. The van der Waals surface area contributed by atoms with Gasteiger partial charge in [0.05, 0.1) is 12.1 Å². The second-order valence-corrected chi connectivity index (χ2v) is 5.25. The molecule has 0 aliphatic rings. The molecule has 0 bridgehead atoms. The van der Waals surface area contributed by atoms with Gasteiger partial charge in [-0.25, -0.2) is 9.78 Å². The van der Waals surface area contributed by atoms with E-state index in [2.05, 4.69) is 22.1 Å². The minimum atomic E-state index is -2.00. The lowest BCUT2D eigenvalue weighted by Crippen LogP contribution is -2.46. The molecule has 1 atom stereocenters. The Balaban J connectivity index is 2.70. The number of nitrogens with zero attached hydrogens (tertiary/aromatic N) is 2. The SMILES string of the molecule is CCCN(CC)c1ccc(C(=O)NCC(C)(O)C(=O)O)cn1. The van der Waals surface area contributed by atoms with Gasteiger partial charge in [0.25, 0.3) is 5.91 Å². The molecule has 0 aliphatic carbocycles. The van der Waals surface area contributed by atoms with Gasteiger partial charge in [0, 0.05) is 19.3 Å². The van der Waals surface area contributed by atoms with Crippen LogP contribution in [0.2, 0.25) is 0 Å². The zero-order valence-corrected chi connectivity index (χ0v) is 13.2. The third-order valence-corrected chi connectivity index (χ3v) is 3.26. The van der Waals surface area contributed by atoms with Crippen LogP contribution >= 0.6 is 0 Å². The number of carbonyl (C=O) groups excluding carboxylic acids is 1. The first-order valence-corrected chi connectivity index (χ1v) is 7.26. The molecule has 1 unspecified atom stereocenters. The number of nitrogens with one attached hydrogen (secondary N) is 1. The molecule has 0 aromatic carbocycles. The van der Waals surface area contributed by atoms with Gasteiger partial charge in [-0.15, -0.1) is 0 Å². The number of aromatic nitrogens is 1. The largest absolute Gasteiger partial charge is 0.479 e. The van der Waals surface area contributed by atoms with Crippen LogP contribution < -0.4 is 10.2 Å². The summed E-state index contributed by atoms with van der Waals surface area (Å²) in [4.78, 5) is 29.0. The highest BCUT2D eigenvalue weighted by Crippen LogP contribution is 2.12. The fourth-order valence-electron chi connectivity index (χ4n) is 1.84. The number of carboxylic acid groups (broad SMARTS) is 1. The number of amides is 1. The van der Waals surface area contributed by atoms with Gasteiger partial charge in [0.15, 0.2) is 5.60 Å². The minimum Gasteiger partial charge on any atom is -0.479 e. The van der Waals surface area contributed by atoms with Crippen LogP contribution in [0.3, 0.4) is 0 Å². The fourth-order valence-corrected chi connectivity index (χ4v) is 1.84. The lowest BCUT2D eigenvalue weighted by Gasteiger charge is -2.21. The number of pyridine rings is 1. The van der Waals surface area contributed by atoms with Crippen molar-refractivity contribution >= 4 is 17.7 Å². The smallest absolute Gasteiger partial charge is 0.337 e. The van der Waals surface area contributed by atoms with E-state index < -0.39 is 17.5 Å². The van der Waals surface area contributed by atoms with Crippen molar-refractivity contribution in [2.45, 2.75) is 32.8 Å². The molecule has 22 heavy (non-hydrogen) atoms. The number of anilines is 1. The first-order valence-electron chi connectivity index (χ1n) is 7.26. The van der Waals surface area contributed by atoms with E-state index in [0.29, 0.717) is 5.56 Å². The number of aliphatic carboxylic acids is 1. The van der Waals surface area contributed by atoms with Crippen LogP contribution in [0.15, 0.2) is 18.3 Å². The molecule has 1 aromatic rings. The Kier molecular flexibility index (Phi) is 6.30. The van der Waals surface area contributed by atoms with Gasteiger partial charge < -0.3 is 20.4 Å². The summed E-state index contributed by atoms with van der Waals surface area (Å²) >= 11 is 0. The number of rotatable bonds is 8.